The summed E-state index contributed by atoms with van der Waals surface area (Å²) < 4.78 is 0. The third kappa shape index (κ3) is 2.73. The highest BCUT2D eigenvalue weighted by Crippen LogP contribution is 2.66. The molecule has 0 bridgehead atoms. The first-order chi connectivity index (χ1) is 8.62. The van der Waals surface area contributed by atoms with Gasteiger partial charge in [-0.3, -0.25) is 0 Å². The molecule has 3 heteroatoms. The molecule has 0 amide bonds. The van der Waals surface area contributed by atoms with Crippen molar-refractivity contribution in [3.63, 3.8) is 0 Å². The van der Waals surface area contributed by atoms with Crippen LogP contribution in [0.3, 0.4) is 0 Å². The van der Waals surface area contributed by atoms with Crippen LogP contribution in [0.25, 0.3) is 0 Å². The first kappa shape index (κ1) is 14.3. The number of aliphatic hydroxyl groups is 3. The predicted molar refractivity (Wildman–Crippen MR) is 71.1 cm³/mol. The van der Waals surface area contributed by atoms with Gasteiger partial charge in [-0.2, -0.15) is 0 Å². The van der Waals surface area contributed by atoms with Crippen molar-refractivity contribution in [2.24, 2.45) is 16.7 Å². The molecule has 2 rings (SSSR count). The van der Waals surface area contributed by atoms with Gasteiger partial charge in [-0.15, -0.1) is 0 Å². The van der Waals surface area contributed by atoms with Crippen LogP contribution in [0.15, 0.2) is 0 Å². The fourth-order valence-corrected chi connectivity index (χ4v) is 3.65. The Kier molecular flexibility index (Phi) is 4.35. The maximum absolute atomic E-state index is 9.89. The average Bonchev–Trinajstić information content (AvgIpc) is 3.26. The van der Waals surface area contributed by atoms with Crippen molar-refractivity contribution in [3.8, 4) is 0 Å². The Morgan fingerprint density at radius 1 is 0.889 bits per heavy atom. The molecular weight excluding hydrogens is 228 g/mol. The van der Waals surface area contributed by atoms with E-state index in [4.69, 9.17) is 0 Å². The van der Waals surface area contributed by atoms with Crippen LogP contribution in [0.2, 0.25) is 0 Å². The van der Waals surface area contributed by atoms with Gasteiger partial charge in [0.05, 0.1) is 6.10 Å². The zero-order valence-corrected chi connectivity index (χ0v) is 11.6. The molecular formula is C15H28O3. The lowest BCUT2D eigenvalue weighted by molar-refractivity contribution is 0.0456. The minimum Gasteiger partial charge on any atom is -0.396 e. The SMILES string of the molecule is CCCC(O)CCC(C1(CO)CC1)C1(CO)CC1. The van der Waals surface area contributed by atoms with E-state index >= 15 is 0 Å². The van der Waals surface area contributed by atoms with Gasteiger partial charge in [-0.05, 0) is 61.7 Å². The molecule has 3 nitrogen and oxygen atoms in total. The fraction of sp³-hybridized carbons (Fsp3) is 1.00. The summed E-state index contributed by atoms with van der Waals surface area (Å²) in [5, 5.41) is 29.2. The molecule has 0 aromatic heterocycles. The first-order valence-electron chi connectivity index (χ1n) is 7.52. The number of aliphatic hydroxyl groups excluding tert-OH is 3. The van der Waals surface area contributed by atoms with Gasteiger partial charge in [-0.25, -0.2) is 0 Å². The van der Waals surface area contributed by atoms with Gasteiger partial charge in [0.1, 0.15) is 0 Å². The zero-order valence-electron chi connectivity index (χ0n) is 11.6. The molecule has 0 radical (unpaired) electrons. The Labute approximate surface area is 110 Å². The maximum Gasteiger partial charge on any atom is 0.0540 e. The summed E-state index contributed by atoms with van der Waals surface area (Å²) in [4.78, 5) is 0. The molecule has 2 aliphatic carbocycles. The van der Waals surface area contributed by atoms with E-state index < -0.39 is 0 Å². The molecule has 1 atom stereocenters. The zero-order chi connectivity index (χ0) is 13.2. The van der Waals surface area contributed by atoms with Crippen LogP contribution in [-0.2, 0) is 0 Å². The third-order valence-electron chi connectivity index (χ3n) is 5.30. The summed E-state index contributed by atoms with van der Waals surface area (Å²) in [6.07, 6.45) is 7.85. The lowest BCUT2D eigenvalue weighted by Crippen LogP contribution is -2.32. The largest absolute Gasteiger partial charge is 0.396 e. The van der Waals surface area contributed by atoms with Crippen LogP contribution in [0.4, 0.5) is 0 Å². The minimum atomic E-state index is -0.207. The fourth-order valence-electron chi connectivity index (χ4n) is 3.65. The Morgan fingerprint density at radius 2 is 1.39 bits per heavy atom. The maximum atomic E-state index is 9.89. The third-order valence-corrected chi connectivity index (χ3v) is 5.30. The van der Waals surface area contributed by atoms with E-state index in [9.17, 15) is 15.3 Å². The molecule has 1 unspecified atom stereocenters. The molecule has 18 heavy (non-hydrogen) atoms. The van der Waals surface area contributed by atoms with Gasteiger partial charge in [0.2, 0.25) is 0 Å². The van der Waals surface area contributed by atoms with E-state index in [0.29, 0.717) is 5.92 Å². The average molecular weight is 256 g/mol. The van der Waals surface area contributed by atoms with E-state index in [2.05, 4.69) is 6.92 Å². The molecule has 0 heterocycles. The van der Waals surface area contributed by atoms with Gasteiger partial charge in [0, 0.05) is 13.2 Å². The van der Waals surface area contributed by atoms with Crippen molar-refractivity contribution in [3.05, 3.63) is 0 Å². The van der Waals surface area contributed by atoms with Crippen LogP contribution in [0.5, 0.6) is 0 Å². The van der Waals surface area contributed by atoms with Crippen molar-refractivity contribution in [2.75, 3.05) is 13.2 Å². The topological polar surface area (TPSA) is 60.7 Å². The Morgan fingerprint density at radius 3 is 1.72 bits per heavy atom. The van der Waals surface area contributed by atoms with Gasteiger partial charge >= 0.3 is 0 Å². The summed E-state index contributed by atoms with van der Waals surface area (Å²) in [5.74, 6) is 0.409. The Hall–Kier alpha value is -0.120. The monoisotopic (exact) mass is 256 g/mol. The van der Waals surface area contributed by atoms with Crippen LogP contribution < -0.4 is 0 Å². The molecule has 2 saturated carbocycles. The van der Waals surface area contributed by atoms with Gasteiger partial charge in [-0.1, -0.05) is 13.3 Å². The molecule has 106 valence electrons. The Bertz CT molecular complexity index is 249. The van der Waals surface area contributed by atoms with E-state index in [1.807, 2.05) is 0 Å². The van der Waals surface area contributed by atoms with Crippen molar-refractivity contribution >= 4 is 0 Å². The van der Waals surface area contributed by atoms with Crippen molar-refractivity contribution < 1.29 is 15.3 Å². The predicted octanol–water partition coefficient (Wildman–Crippen LogP) is 2.09. The second kappa shape index (κ2) is 5.48. The van der Waals surface area contributed by atoms with Gasteiger partial charge < -0.3 is 15.3 Å². The highest BCUT2D eigenvalue weighted by molar-refractivity contribution is 5.10. The summed E-state index contributed by atoms with van der Waals surface area (Å²) in [7, 11) is 0. The molecule has 0 aliphatic heterocycles. The summed E-state index contributed by atoms with van der Waals surface area (Å²) >= 11 is 0. The number of hydrogen-bond donors (Lipinski definition) is 3. The van der Waals surface area contributed by atoms with Gasteiger partial charge in [0.15, 0.2) is 0 Å². The van der Waals surface area contributed by atoms with Gasteiger partial charge in [0.25, 0.3) is 0 Å². The summed E-state index contributed by atoms with van der Waals surface area (Å²) in [5.41, 5.74) is 0.149. The Balaban J connectivity index is 1.94. The molecule has 0 spiro atoms. The van der Waals surface area contributed by atoms with Crippen molar-refractivity contribution in [2.45, 2.75) is 64.4 Å². The molecule has 0 saturated heterocycles. The quantitative estimate of drug-likeness (QED) is 0.592. The summed E-state index contributed by atoms with van der Waals surface area (Å²) in [6, 6.07) is 0. The lowest BCUT2D eigenvalue weighted by atomic mass is 9.74. The summed E-state index contributed by atoms with van der Waals surface area (Å²) in [6.45, 7) is 2.60. The van der Waals surface area contributed by atoms with E-state index in [-0.39, 0.29) is 30.1 Å². The van der Waals surface area contributed by atoms with E-state index in [0.717, 1.165) is 51.4 Å². The normalized spacial score (nSPS) is 25.2. The molecule has 0 aromatic carbocycles. The molecule has 2 fully saturated rings. The molecule has 3 N–H and O–H groups in total. The van der Waals surface area contributed by atoms with Crippen LogP contribution >= 0.6 is 0 Å². The standard InChI is InChI=1S/C15H28O3/c1-2-3-12(18)4-5-13(14(10-16)6-7-14)15(11-17)8-9-15/h12-13,16-18H,2-11H2,1H3. The van der Waals surface area contributed by atoms with Crippen LogP contribution in [0, 0.1) is 16.7 Å². The second-order valence-corrected chi connectivity index (χ2v) is 6.61. The smallest absolute Gasteiger partial charge is 0.0540 e. The van der Waals surface area contributed by atoms with Crippen LogP contribution in [0.1, 0.15) is 58.3 Å². The first-order valence-corrected chi connectivity index (χ1v) is 7.52. The lowest BCUT2D eigenvalue weighted by Gasteiger charge is -2.33. The van der Waals surface area contributed by atoms with Crippen molar-refractivity contribution in [1.82, 2.24) is 0 Å². The number of rotatable bonds is 9. The molecule has 0 aromatic rings. The highest BCUT2D eigenvalue weighted by atomic mass is 16.3. The second-order valence-electron chi connectivity index (χ2n) is 6.61. The number of hydrogen-bond acceptors (Lipinski definition) is 3. The van der Waals surface area contributed by atoms with Crippen LogP contribution in [-0.4, -0.2) is 34.6 Å². The molecule has 2 aliphatic rings. The minimum absolute atomic E-state index is 0.0746. The highest BCUT2D eigenvalue weighted by Gasteiger charge is 2.60. The van der Waals surface area contributed by atoms with E-state index in [1.165, 1.54) is 0 Å². The van der Waals surface area contributed by atoms with Crippen molar-refractivity contribution in [1.29, 1.82) is 0 Å². The van der Waals surface area contributed by atoms with E-state index in [1.54, 1.807) is 0 Å².